The van der Waals surface area contributed by atoms with Crippen molar-refractivity contribution in [2.24, 2.45) is 16.7 Å². The van der Waals surface area contributed by atoms with Crippen molar-refractivity contribution in [3.8, 4) is 0 Å². The summed E-state index contributed by atoms with van der Waals surface area (Å²) in [4.78, 5) is 12.8. The molecular formula is C17H24N2OS. The van der Waals surface area contributed by atoms with Crippen molar-refractivity contribution in [3.63, 3.8) is 0 Å². The van der Waals surface area contributed by atoms with E-state index in [1.54, 1.807) is 11.8 Å². The number of hydrogen-bond donors (Lipinski definition) is 1. The fraction of sp³-hybridized carbons (Fsp3) is 0.765. The predicted molar refractivity (Wildman–Crippen MR) is 84.5 cm³/mol. The van der Waals surface area contributed by atoms with Crippen LogP contribution in [0.4, 0.5) is 0 Å². The van der Waals surface area contributed by atoms with Crippen LogP contribution in [0, 0.1) is 16.7 Å². The Bertz CT molecular complexity index is 606. The summed E-state index contributed by atoms with van der Waals surface area (Å²) in [6.07, 6.45) is 7.02. The molecule has 0 radical (unpaired) electrons. The van der Waals surface area contributed by atoms with Crippen LogP contribution in [0.15, 0.2) is 5.03 Å². The SMILES string of the molecule is CC1(C)C2CCC1(C)C(Sc1n[nH]c3c1CCCC3)C2=O. The molecule has 1 N–H and O–H groups in total. The van der Waals surface area contributed by atoms with E-state index in [-0.39, 0.29) is 22.0 Å². The number of nitrogens with zero attached hydrogens (tertiary/aromatic N) is 1. The van der Waals surface area contributed by atoms with Gasteiger partial charge >= 0.3 is 0 Å². The summed E-state index contributed by atoms with van der Waals surface area (Å²) >= 11 is 1.75. The van der Waals surface area contributed by atoms with Gasteiger partial charge in [-0.1, -0.05) is 32.5 Å². The number of fused-ring (bicyclic) bond motifs is 3. The van der Waals surface area contributed by atoms with Crippen LogP contribution in [0.2, 0.25) is 0 Å². The standard InChI is InChI=1S/C17H24N2OS/c1-16(2)11-8-9-17(16,3)14(13(11)20)21-15-10-6-4-5-7-12(10)18-19-15/h11,14H,4-9H2,1-3H3,(H,18,19). The highest BCUT2D eigenvalue weighted by molar-refractivity contribution is 8.00. The predicted octanol–water partition coefficient (Wildman–Crippen LogP) is 3.77. The molecule has 4 rings (SSSR count). The molecule has 1 heterocycles. The van der Waals surface area contributed by atoms with Crippen molar-refractivity contribution in [2.75, 3.05) is 0 Å². The molecule has 1 aromatic rings. The zero-order chi connectivity index (χ0) is 14.8. The summed E-state index contributed by atoms with van der Waals surface area (Å²) in [5.41, 5.74) is 2.96. The number of ketones is 1. The minimum atomic E-state index is 0.0978. The van der Waals surface area contributed by atoms with E-state index in [1.807, 2.05) is 0 Å². The van der Waals surface area contributed by atoms with Gasteiger partial charge in [0.15, 0.2) is 0 Å². The minimum absolute atomic E-state index is 0.0978. The highest BCUT2D eigenvalue weighted by Gasteiger charge is 2.66. The molecule has 3 aliphatic carbocycles. The number of aromatic amines is 1. The van der Waals surface area contributed by atoms with Crippen molar-refractivity contribution in [1.29, 1.82) is 0 Å². The maximum Gasteiger partial charge on any atom is 0.150 e. The van der Waals surface area contributed by atoms with Gasteiger partial charge in [-0.15, -0.1) is 0 Å². The Hall–Kier alpha value is -0.770. The van der Waals surface area contributed by atoms with Crippen molar-refractivity contribution in [2.45, 2.75) is 69.6 Å². The number of aryl methyl sites for hydroxylation is 1. The number of carbonyl (C=O) groups excluding carboxylic acids is 1. The number of carbonyl (C=O) groups is 1. The maximum atomic E-state index is 12.8. The highest BCUT2D eigenvalue weighted by atomic mass is 32.2. The Morgan fingerprint density at radius 3 is 2.71 bits per heavy atom. The number of thioether (sulfide) groups is 1. The Kier molecular flexibility index (Phi) is 2.89. The number of nitrogens with one attached hydrogen (secondary N) is 1. The van der Waals surface area contributed by atoms with E-state index in [4.69, 9.17) is 0 Å². The molecule has 21 heavy (non-hydrogen) atoms. The van der Waals surface area contributed by atoms with Gasteiger partial charge in [-0.2, -0.15) is 5.10 Å². The molecule has 0 aliphatic heterocycles. The zero-order valence-electron chi connectivity index (χ0n) is 13.2. The third-order valence-corrected chi connectivity index (χ3v) is 8.27. The van der Waals surface area contributed by atoms with Gasteiger partial charge in [0, 0.05) is 17.2 Å². The van der Waals surface area contributed by atoms with Crippen molar-refractivity contribution in [1.82, 2.24) is 10.2 Å². The summed E-state index contributed by atoms with van der Waals surface area (Å²) in [6, 6.07) is 0. The molecule has 1 aromatic heterocycles. The number of H-pyrrole nitrogens is 1. The van der Waals surface area contributed by atoms with Gasteiger partial charge in [0.25, 0.3) is 0 Å². The summed E-state index contributed by atoms with van der Waals surface area (Å²) in [5, 5.41) is 8.96. The number of Topliss-reactive ketones (excluding diaryl/α,β-unsaturated/α-hetero) is 1. The van der Waals surface area contributed by atoms with Crippen molar-refractivity contribution in [3.05, 3.63) is 11.3 Å². The topological polar surface area (TPSA) is 45.8 Å². The molecule has 0 aromatic carbocycles. The average molecular weight is 304 g/mol. The molecule has 3 atom stereocenters. The zero-order valence-corrected chi connectivity index (χ0v) is 14.0. The molecule has 3 aliphatic rings. The van der Waals surface area contributed by atoms with Gasteiger partial charge in [-0.3, -0.25) is 9.89 Å². The van der Waals surface area contributed by atoms with Gasteiger partial charge in [0.2, 0.25) is 0 Å². The number of rotatable bonds is 2. The van der Waals surface area contributed by atoms with E-state index in [9.17, 15) is 4.79 Å². The summed E-state index contributed by atoms with van der Waals surface area (Å²) in [6.45, 7) is 6.92. The molecule has 0 amide bonds. The van der Waals surface area contributed by atoms with E-state index < -0.39 is 0 Å². The van der Waals surface area contributed by atoms with Crippen LogP contribution in [0.25, 0.3) is 0 Å². The first-order chi connectivity index (χ1) is 9.95. The molecule has 4 heteroatoms. The maximum absolute atomic E-state index is 12.8. The van der Waals surface area contributed by atoms with Crippen LogP contribution in [-0.4, -0.2) is 21.2 Å². The largest absolute Gasteiger partial charge is 0.298 e. The quantitative estimate of drug-likeness (QED) is 0.904. The molecule has 0 saturated heterocycles. The fourth-order valence-corrected chi connectivity index (χ4v) is 6.49. The Morgan fingerprint density at radius 2 is 2.00 bits per heavy atom. The lowest BCUT2D eigenvalue weighted by Gasteiger charge is -2.37. The van der Waals surface area contributed by atoms with Gasteiger partial charge < -0.3 is 0 Å². The molecular weight excluding hydrogens is 280 g/mol. The van der Waals surface area contributed by atoms with E-state index in [2.05, 4.69) is 31.0 Å². The lowest BCUT2D eigenvalue weighted by molar-refractivity contribution is -0.122. The van der Waals surface area contributed by atoms with E-state index in [1.165, 1.54) is 30.5 Å². The van der Waals surface area contributed by atoms with Crippen molar-refractivity contribution < 1.29 is 4.79 Å². The lowest BCUT2D eigenvalue weighted by atomic mass is 9.71. The van der Waals surface area contributed by atoms with Gasteiger partial charge in [0.05, 0.1) is 5.25 Å². The molecule has 114 valence electrons. The van der Waals surface area contributed by atoms with E-state index in [0.717, 1.165) is 24.3 Å². The molecule has 3 unspecified atom stereocenters. The van der Waals surface area contributed by atoms with Crippen LogP contribution >= 0.6 is 11.8 Å². The van der Waals surface area contributed by atoms with Crippen LogP contribution < -0.4 is 0 Å². The third-order valence-electron chi connectivity index (χ3n) is 6.72. The third kappa shape index (κ3) is 1.68. The number of aromatic nitrogens is 2. The molecule has 2 bridgehead atoms. The van der Waals surface area contributed by atoms with E-state index >= 15 is 0 Å². The first-order valence-corrected chi connectivity index (χ1v) is 9.09. The molecule has 2 fully saturated rings. The Morgan fingerprint density at radius 1 is 1.24 bits per heavy atom. The Labute approximate surface area is 130 Å². The second kappa shape index (κ2) is 4.37. The monoisotopic (exact) mass is 304 g/mol. The fourth-order valence-electron chi connectivity index (χ4n) is 4.84. The molecule has 0 spiro atoms. The average Bonchev–Trinajstić information content (AvgIpc) is 2.99. The summed E-state index contributed by atoms with van der Waals surface area (Å²) in [5.74, 6) is 0.737. The van der Waals surface area contributed by atoms with Gasteiger partial charge in [0.1, 0.15) is 10.8 Å². The highest BCUT2D eigenvalue weighted by Crippen LogP contribution is 2.67. The second-order valence-corrected chi connectivity index (χ2v) is 8.92. The van der Waals surface area contributed by atoms with Gasteiger partial charge in [-0.05, 0) is 49.4 Å². The minimum Gasteiger partial charge on any atom is -0.298 e. The molecule has 3 nitrogen and oxygen atoms in total. The first-order valence-electron chi connectivity index (χ1n) is 8.21. The normalized spacial score (nSPS) is 37.0. The number of hydrogen-bond acceptors (Lipinski definition) is 3. The second-order valence-electron chi connectivity index (χ2n) is 7.82. The van der Waals surface area contributed by atoms with Crippen molar-refractivity contribution >= 4 is 17.5 Å². The van der Waals surface area contributed by atoms with Gasteiger partial charge in [-0.25, -0.2) is 0 Å². The lowest BCUT2D eigenvalue weighted by Crippen LogP contribution is -2.35. The van der Waals surface area contributed by atoms with Crippen LogP contribution in [0.3, 0.4) is 0 Å². The smallest absolute Gasteiger partial charge is 0.150 e. The molecule has 2 saturated carbocycles. The summed E-state index contributed by atoms with van der Waals surface area (Å²) < 4.78 is 0. The summed E-state index contributed by atoms with van der Waals surface area (Å²) in [7, 11) is 0. The Balaban J connectivity index is 1.66. The van der Waals surface area contributed by atoms with E-state index in [0.29, 0.717) is 5.78 Å². The van der Waals surface area contributed by atoms with Crippen LogP contribution in [0.1, 0.15) is 57.7 Å². The first kappa shape index (κ1) is 13.9. The van der Waals surface area contributed by atoms with Crippen LogP contribution in [-0.2, 0) is 17.6 Å². The van der Waals surface area contributed by atoms with Crippen LogP contribution in [0.5, 0.6) is 0 Å².